The van der Waals surface area contributed by atoms with E-state index in [-0.39, 0.29) is 11.6 Å². The van der Waals surface area contributed by atoms with Crippen molar-refractivity contribution in [2.24, 2.45) is 0 Å². The fraction of sp³-hybridized carbons (Fsp3) is 0.118. The van der Waals surface area contributed by atoms with Gasteiger partial charge in [0.25, 0.3) is 5.69 Å². The minimum atomic E-state index is -0.471. The standard InChI is InChI=1S/C17H15ClN2O3/c1-19(12-13-6-9-15(18)10-7-13)17(21)11-8-14-4-2-3-5-16(14)20(22)23/h2-11H,12H2,1H3/b11-8+. The van der Waals surface area contributed by atoms with Crippen LogP contribution in [0.2, 0.25) is 5.02 Å². The summed E-state index contributed by atoms with van der Waals surface area (Å²) in [6.45, 7) is 0.428. The molecule has 0 atom stereocenters. The van der Waals surface area contributed by atoms with E-state index in [9.17, 15) is 14.9 Å². The maximum atomic E-state index is 12.1. The lowest BCUT2D eigenvalue weighted by atomic mass is 10.1. The van der Waals surface area contributed by atoms with Crippen molar-refractivity contribution in [2.75, 3.05) is 7.05 Å². The number of amides is 1. The summed E-state index contributed by atoms with van der Waals surface area (Å²) >= 11 is 5.82. The van der Waals surface area contributed by atoms with Crippen molar-refractivity contribution < 1.29 is 9.72 Å². The van der Waals surface area contributed by atoms with Gasteiger partial charge in [-0.1, -0.05) is 35.9 Å². The van der Waals surface area contributed by atoms with E-state index in [0.717, 1.165) is 5.56 Å². The Labute approximate surface area is 139 Å². The van der Waals surface area contributed by atoms with E-state index in [1.165, 1.54) is 23.1 Å². The molecule has 2 aromatic rings. The van der Waals surface area contributed by atoms with Crippen LogP contribution in [0.15, 0.2) is 54.6 Å². The fourth-order valence-corrected chi connectivity index (χ4v) is 2.15. The highest BCUT2D eigenvalue weighted by molar-refractivity contribution is 6.30. The molecule has 2 rings (SSSR count). The number of halogens is 1. The van der Waals surface area contributed by atoms with Crippen LogP contribution in [0.1, 0.15) is 11.1 Å². The number of nitro benzene ring substituents is 1. The normalized spacial score (nSPS) is 10.7. The van der Waals surface area contributed by atoms with E-state index in [2.05, 4.69) is 0 Å². The summed E-state index contributed by atoms with van der Waals surface area (Å²) in [6, 6.07) is 13.5. The van der Waals surface area contributed by atoms with Crippen molar-refractivity contribution >= 4 is 29.3 Å². The monoisotopic (exact) mass is 330 g/mol. The average molecular weight is 331 g/mol. The lowest BCUT2D eigenvalue weighted by Crippen LogP contribution is -2.24. The van der Waals surface area contributed by atoms with Crippen LogP contribution < -0.4 is 0 Å². The Morgan fingerprint density at radius 3 is 2.52 bits per heavy atom. The average Bonchev–Trinajstić information content (AvgIpc) is 2.54. The van der Waals surface area contributed by atoms with Crippen molar-refractivity contribution in [3.63, 3.8) is 0 Å². The second kappa shape index (κ2) is 7.56. The molecule has 0 aromatic heterocycles. The number of carbonyl (C=O) groups excluding carboxylic acids is 1. The first-order valence-electron chi connectivity index (χ1n) is 6.88. The number of para-hydroxylation sites is 1. The van der Waals surface area contributed by atoms with Gasteiger partial charge >= 0.3 is 0 Å². The van der Waals surface area contributed by atoms with Crippen LogP contribution in [0.25, 0.3) is 6.08 Å². The van der Waals surface area contributed by atoms with E-state index < -0.39 is 4.92 Å². The predicted molar refractivity (Wildman–Crippen MR) is 90.1 cm³/mol. The molecule has 118 valence electrons. The minimum absolute atomic E-state index is 0.0306. The fourth-order valence-electron chi connectivity index (χ4n) is 2.02. The second-order valence-electron chi connectivity index (χ2n) is 4.97. The first-order chi connectivity index (χ1) is 11.0. The van der Waals surface area contributed by atoms with Crippen molar-refractivity contribution in [3.8, 4) is 0 Å². The highest BCUT2D eigenvalue weighted by Gasteiger charge is 2.11. The van der Waals surface area contributed by atoms with Gasteiger partial charge in [-0.25, -0.2) is 0 Å². The number of carbonyl (C=O) groups is 1. The second-order valence-corrected chi connectivity index (χ2v) is 5.41. The maximum absolute atomic E-state index is 12.1. The van der Waals surface area contributed by atoms with Gasteiger partial charge in [0.05, 0.1) is 10.5 Å². The van der Waals surface area contributed by atoms with Crippen LogP contribution in [0.5, 0.6) is 0 Å². The smallest absolute Gasteiger partial charge is 0.276 e. The zero-order valence-corrected chi connectivity index (χ0v) is 13.2. The molecule has 0 saturated carbocycles. The Morgan fingerprint density at radius 2 is 1.87 bits per heavy atom. The van der Waals surface area contributed by atoms with Crippen LogP contribution in [-0.2, 0) is 11.3 Å². The van der Waals surface area contributed by atoms with E-state index in [1.807, 2.05) is 12.1 Å². The van der Waals surface area contributed by atoms with Crippen LogP contribution in [0.3, 0.4) is 0 Å². The lowest BCUT2D eigenvalue weighted by Gasteiger charge is -2.15. The minimum Gasteiger partial charge on any atom is -0.338 e. The largest absolute Gasteiger partial charge is 0.338 e. The van der Waals surface area contributed by atoms with Crippen LogP contribution >= 0.6 is 11.6 Å². The molecule has 2 aromatic carbocycles. The molecule has 5 nitrogen and oxygen atoms in total. The zero-order chi connectivity index (χ0) is 16.8. The predicted octanol–water partition coefficient (Wildman–Crippen LogP) is 3.92. The third kappa shape index (κ3) is 4.66. The van der Waals surface area contributed by atoms with Crippen molar-refractivity contribution in [1.82, 2.24) is 4.90 Å². The summed E-state index contributed by atoms with van der Waals surface area (Å²) in [5, 5.41) is 11.6. The van der Waals surface area contributed by atoms with Gasteiger partial charge in [-0.2, -0.15) is 0 Å². The Bertz CT molecular complexity index is 742. The number of likely N-dealkylation sites (N-methyl/N-ethyl adjacent to an activating group) is 1. The summed E-state index contributed by atoms with van der Waals surface area (Å²) in [5.41, 5.74) is 1.31. The highest BCUT2D eigenvalue weighted by atomic mass is 35.5. The maximum Gasteiger partial charge on any atom is 0.276 e. The summed E-state index contributed by atoms with van der Waals surface area (Å²) in [6.07, 6.45) is 2.79. The number of nitrogens with zero attached hydrogens (tertiary/aromatic N) is 2. The first kappa shape index (κ1) is 16.7. The summed E-state index contributed by atoms with van der Waals surface area (Å²) < 4.78 is 0. The number of nitro groups is 1. The summed E-state index contributed by atoms with van der Waals surface area (Å²) in [4.78, 5) is 24.1. The van der Waals surface area contributed by atoms with Gasteiger partial charge in [0, 0.05) is 30.8 Å². The molecular weight excluding hydrogens is 316 g/mol. The quantitative estimate of drug-likeness (QED) is 0.474. The van der Waals surface area contributed by atoms with Gasteiger partial charge in [-0.3, -0.25) is 14.9 Å². The molecule has 0 aliphatic heterocycles. The first-order valence-corrected chi connectivity index (χ1v) is 7.26. The molecule has 0 aliphatic rings. The highest BCUT2D eigenvalue weighted by Crippen LogP contribution is 2.19. The molecule has 0 N–H and O–H groups in total. The Morgan fingerprint density at radius 1 is 1.22 bits per heavy atom. The Kier molecular flexibility index (Phi) is 5.49. The number of hydrogen-bond donors (Lipinski definition) is 0. The number of benzene rings is 2. The topological polar surface area (TPSA) is 63.5 Å². The van der Waals surface area contributed by atoms with E-state index >= 15 is 0 Å². The van der Waals surface area contributed by atoms with Crippen molar-refractivity contribution in [3.05, 3.63) is 80.9 Å². The van der Waals surface area contributed by atoms with E-state index in [4.69, 9.17) is 11.6 Å². The zero-order valence-electron chi connectivity index (χ0n) is 12.5. The van der Waals surface area contributed by atoms with Crippen LogP contribution in [-0.4, -0.2) is 22.8 Å². The molecule has 0 unspecified atom stereocenters. The van der Waals surface area contributed by atoms with Crippen molar-refractivity contribution in [1.29, 1.82) is 0 Å². The molecule has 0 radical (unpaired) electrons. The molecule has 0 saturated heterocycles. The summed E-state index contributed by atoms with van der Waals surface area (Å²) in [5.74, 6) is -0.238. The third-order valence-electron chi connectivity index (χ3n) is 3.25. The van der Waals surface area contributed by atoms with Crippen LogP contribution in [0, 0.1) is 10.1 Å². The van der Waals surface area contributed by atoms with Gasteiger partial charge < -0.3 is 4.90 Å². The van der Waals surface area contributed by atoms with Gasteiger partial charge in [0.15, 0.2) is 0 Å². The molecule has 1 amide bonds. The van der Waals surface area contributed by atoms with E-state index in [1.54, 1.807) is 37.4 Å². The molecule has 0 fully saturated rings. The summed E-state index contributed by atoms with van der Waals surface area (Å²) in [7, 11) is 1.67. The number of rotatable bonds is 5. The number of hydrogen-bond acceptors (Lipinski definition) is 3. The van der Waals surface area contributed by atoms with Crippen molar-refractivity contribution in [2.45, 2.75) is 6.54 Å². The molecule has 0 heterocycles. The Hall–Kier alpha value is -2.66. The van der Waals surface area contributed by atoms with Gasteiger partial charge in [0.1, 0.15) is 0 Å². The van der Waals surface area contributed by atoms with Crippen LogP contribution in [0.4, 0.5) is 5.69 Å². The van der Waals surface area contributed by atoms with Gasteiger partial charge in [-0.05, 0) is 29.8 Å². The molecular formula is C17H15ClN2O3. The Balaban J connectivity index is 2.06. The molecule has 23 heavy (non-hydrogen) atoms. The third-order valence-corrected chi connectivity index (χ3v) is 3.50. The van der Waals surface area contributed by atoms with E-state index in [0.29, 0.717) is 17.1 Å². The molecule has 6 heteroatoms. The van der Waals surface area contributed by atoms with Gasteiger partial charge in [0.2, 0.25) is 5.91 Å². The molecule has 0 bridgehead atoms. The lowest BCUT2D eigenvalue weighted by molar-refractivity contribution is -0.385. The molecule has 0 spiro atoms. The van der Waals surface area contributed by atoms with Gasteiger partial charge in [-0.15, -0.1) is 0 Å². The molecule has 0 aliphatic carbocycles. The SMILES string of the molecule is CN(Cc1ccc(Cl)cc1)C(=O)/C=C/c1ccccc1[N+](=O)[O-].